The van der Waals surface area contributed by atoms with E-state index < -0.39 is 5.97 Å². The van der Waals surface area contributed by atoms with Crippen molar-refractivity contribution in [2.75, 3.05) is 0 Å². The van der Waals surface area contributed by atoms with E-state index in [2.05, 4.69) is 28.6 Å². The second-order valence-corrected chi connectivity index (χ2v) is 8.52. The topological polar surface area (TPSA) is 70.9 Å². The van der Waals surface area contributed by atoms with Crippen LogP contribution in [0.1, 0.15) is 35.8 Å². The van der Waals surface area contributed by atoms with E-state index in [-0.39, 0.29) is 17.3 Å². The standard InChI is InChI=1S/C25H19ClFN3O2/c1-13(2)24-23(14-7-15(25(31)32)9-17(26)8-14)20-11-21-16(12-28-29-21)10-22(20)30(24)19-5-3-18(27)4-6-19/h3-13H,1-2H3,(H,28,29)(H,31,32). The fourth-order valence-electron chi connectivity index (χ4n) is 4.32. The molecule has 0 saturated carbocycles. The summed E-state index contributed by atoms with van der Waals surface area (Å²) in [6.07, 6.45) is 1.76. The van der Waals surface area contributed by atoms with E-state index in [1.807, 2.05) is 12.1 Å². The van der Waals surface area contributed by atoms with Gasteiger partial charge in [0.1, 0.15) is 5.82 Å². The lowest BCUT2D eigenvalue weighted by atomic mass is 9.95. The molecule has 5 aromatic rings. The van der Waals surface area contributed by atoms with E-state index in [9.17, 15) is 14.3 Å². The molecule has 0 saturated heterocycles. The van der Waals surface area contributed by atoms with Gasteiger partial charge in [-0.05, 0) is 66.1 Å². The number of benzene rings is 3. The van der Waals surface area contributed by atoms with Crippen LogP contribution in [0.2, 0.25) is 5.02 Å². The second kappa shape index (κ2) is 7.50. The molecule has 160 valence electrons. The lowest BCUT2D eigenvalue weighted by Gasteiger charge is -2.16. The maximum absolute atomic E-state index is 13.7. The average Bonchev–Trinajstić information content (AvgIpc) is 3.34. The third-order valence-corrected chi connectivity index (χ3v) is 5.85. The molecule has 0 spiro atoms. The van der Waals surface area contributed by atoms with Gasteiger partial charge in [-0.1, -0.05) is 25.4 Å². The number of hydrogen-bond acceptors (Lipinski definition) is 2. The molecule has 32 heavy (non-hydrogen) atoms. The Morgan fingerprint density at radius 1 is 1.12 bits per heavy atom. The van der Waals surface area contributed by atoms with Crippen LogP contribution < -0.4 is 0 Å². The van der Waals surface area contributed by atoms with Crippen LogP contribution in [0.3, 0.4) is 0 Å². The molecule has 0 amide bonds. The minimum atomic E-state index is -1.04. The molecule has 0 aliphatic heterocycles. The molecule has 7 heteroatoms. The Labute approximate surface area is 188 Å². The zero-order valence-corrected chi connectivity index (χ0v) is 18.1. The van der Waals surface area contributed by atoms with Gasteiger partial charge in [-0.25, -0.2) is 9.18 Å². The SMILES string of the molecule is CC(C)c1c(-c2cc(Cl)cc(C(=O)O)c2)c2cc3[nH]ncc3cc2n1-c1ccc(F)cc1. The van der Waals surface area contributed by atoms with Gasteiger partial charge in [-0.3, -0.25) is 5.10 Å². The number of rotatable bonds is 4. The minimum absolute atomic E-state index is 0.0752. The van der Waals surface area contributed by atoms with Crippen molar-refractivity contribution in [2.45, 2.75) is 19.8 Å². The zero-order chi connectivity index (χ0) is 22.6. The van der Waals surface area contributed by atoms with E-state index in [1.165, 1.54) is 18.2 Å². The van der Waals surface area contributed by atoms with Gasteiger partial charge in [0.25, 0.3) is 0 Å². The number of nitrogens with zero attached hydrogens (tertiary/aromatic N) is 2. The number of carboxylic acids is 1. The van der Waals surface area contributed by atoms with Crippen LogP contribution in [-0.4, -0.2) is 25.8 Å². The number of carboxylic acid groups (broad SMARTS) is 1. The summed E-state index contributed by atoms with van der Waals surface area (Å²) < 4.78 is 15.8. The van der Waals surface area contributed by atoms with Crippen molar-refractivity contribution in [1.82, 2.24) is 14.8 Å². The number of carbonyl (C=O) groups is 1. The normalized spacial score (nSPS) is 11.7. The Morgan fingerprint density at radius 2 is 1.88 bits per heavy atom. The maximum atomic E-state index is 13.7. The number of aromatic nitrogens is 3. The van der Waals surface area contributed by atoms with Crippen molar-refractivity contribution >= 4 is 39.4 Å². The molecule has 0 aliphatic carbocycles. The number of fused-ring (bicyclic) bond motifs is 2. The second-order valence-electron chi connectivity index (χ2n) is 8.09. The quantitative estimate of drug-likeness (QED) is 0.318. The Balaban J connectivity index is 1.95. The minimum Gasteiger partial charge on any atom is -0.478 e. The van der Waals surface area contributed by atoms with E-state index in [4.69, 9.17) is 11.6 Å². The van der Waals surface area contributed by atoms with Crippen LogP contribution >= 0.6 is 11.6 Å². The smallest absolute Gasteiger partial charge is 0.335 e. The van der Waals surface area contributed by atoms with Crippen molar-refractivity contribution in [1.29, 1.82) is 0 Å². The largest absolute Gasteiger partial charge is 0.478 e. The lowest BCUT2D eigenvalue weighted by Crippen LogP contribution is -2.03. The van der Waals surface area contributed by atoms with Gasteiger partial charge in [0, 0.05) is 32.7 Å². The van der Waals surface area contributed by atoms with Crippen LogP contribution in [0.25, 0.3) is 38.6 Å². The Hall–Kier alpha value is -3.64. The van der Waals surface area contributed by atoms with E-state index in [0.29, 0.717) is 10.6 Å². The summed E-state index contributed by atoms with van der Waals surface area (Å²) in [6, 6.07) is 15.3. The molecule has 5 nitrogen and oxygen atoms in total. The van der Waals surface area contributed by atoms with E-state index >= 15 is 0 Å². The molecule has 0 bridgehead atoms. The summed E-state index contributed by atoms with van der Waals surface area (Å²) in [5.74, 6) is -1.28. The number of nitrogens with one attached hydrogen (secondary N) is 1. The van der Waals surface area contributed by atoms with Gasteiger partial charge in [-0.15, -0.1) is 0 Å². The molecule has 0 fully saturated rings. The number of hydrogen-bond donors (Lipinski definition) is 2. The van der Waals surface area contributed by atoms with Crippen molar-refractivity contribution in [3.8, 4) is 16.8 Å². The molecule has 0 unspecified atom stereocenters. The zero-order valence-electron chi connectivity index (χ0n) is 17.4. The third-order valence-electron chi connectivity index (χ3n) is 5.63. The van der Waals surface area contributed by atoms with Gasteiger partial charge in [0.15, 0.2) is 0 Å². The van der Waals surface area contributed by atoms with E-state index in [0.717, 1.165) is 38.8 Å². The summed E-state index contributed by atoms with van der Waals surface area (Å²) >= 11 is 6.32. The average molecular weight is 448 g/mol. The molecule has 3 aromatic carbocycles. The predicted octanol–water partition coefficient (Wildman–Crippen LogP) is 6.79. The highest BCUT2D eigenvalue weighted by molar-refractivity contribution is 6.31. The highest BCUT2D eigenvalue weighted by atomic mass is 35.5. The van der Waals surface area contributed by atoms with Gasteiger partial charge in [-0.2, -0.15) is 5.10 Å². The fourth-order valence-corrected chi connectivity index (χ4v) is 4.56. The number of H-pyrrole nitrogens is 1. The van der Waals surface area contributed by atoms with Crippen molar-refractivity contribution in [2.24, 2.45) is 0 Å². The molecule has 5 rings (SSSR count). The highest BCUT2D eigenvalue weighted by Gasteiger charge is 2.24. The monoisotopic (exact) mass is 447 g/mol. The predicted molar refractivity (Wildman–Crippen MR) is 124 cm³/mol. The van der Waals surface area contributed by atoms with Crippen LogP contribution in [0.5, 0.6) is 0 Å². The molecule has 0 radical (unpaired) electrons. The molecule has 2 aromatic heterocycles. The van der Waals surface area contributed by atoms with E-state index in [1.54, 1.807) is 30.5 Å². The maximum Gasteiger partial charge on any atom is 0.335 e. The summed E-state index contributed by atoms with van der Waals surface area (Å²) in [6.45, 7) is 4.15. The van der Waals surface area contributed by atoms with Crippen molar-refractivity contribution in [3.63, 3.8) is 0 Å². The van der Waals surface area contributed by atoms with Gasteiger partial charge >= 0.3 is 5.97 Å². The Bertz CT molecular complexity index is 1500. The first-order chi connectivity index (χ1) is 15.3. The summed E-state index contributed by atoms with van der Waals surface area (Å²) in [5, 5.41) is 19.0. The van der Waals surface area contributed by atoms with Crippen LogP contribution in [0, 0.1) is 5.82 Å². The molecular weight excluding hydrogens is 429 g/mol. The molecule has 0 atom stereocenters. The molecule has 2 N–H and O–H groups in total. The van der Waals surface area contributed by atoms with Crippen LogP contribution in [-0.2, 0) is 0 Å². The number of aromatic amines is 1. The molecule has 0 aliphatic rings. The van der Waals surface area contributed by atoms with Crippen molar-refractivity contribution in [3.05, 3.63) is 82.9 Å². The van der Waals surface area contributed by atoms with Gasteiger partial charge in [0.2, 0.25) is 0 Å². The highest BCUT2D eigenvalue weighted by Crippen LogP contribution is 2.42. The van der Waals surface area contributed by atoms with Crippen molar-refractivity contribution < 1.29 is 14.3 Å². The first kappa shape index (κ1) is 20.3. The van der Waals surface area contributed by atoms with Crippen LogP contribution in [0.15, 0.2) is 60.8 Å². The fraction of sp³-hybridized carbons (Fsp3) is 0.120. The third kappa shape index (κ3) is 3.24. The first-order valence-corrected chi connectivity index (χ1v) is 10.5. The molecular formula is C25H19ClFN3O2. The van der Waals surface area contributed by atoms with Gasteiger partial charge in [0.05, 0.1) is 22.8 Å². The van der Waals surface area contributed by atoms with Crippen LogP contribution in [0.4, 0.5) is 4.39 Å². The Morgan fingerprint density at radius 3 is 2.56 bits per heavy atom. The summed E-state index contributed by atoms with van der Waals surface area (Å²) in [4.78, 5) is 11.7. The summed E-state index contributed by atoms with van der Waals surface area (Å²) in [5.41, 5.74) is 5.30. The summed E-state index contributed by atoms with van der Waals surface area (Å²) in [7, 11) is 0. The Kier molecular flexibility index (Phi) is 4.75. The first-order valence-electron chi connectivity index (χ1n) is 10.1. The lowest BCUT2D eigenvalue weighted by molar-refractivity contribution is 0.0697. The number of halogens is 2. The molecule has 2 heterocycles. The van der Waals surface area contributed by atoms with Gasteiger partial charge < -0.3 is 9.67 Å². The number of aromatic carboxylic acids is 1.